The molecule has 0 aromatic heterocycles. The van der Waals surface area contributed by atoms with Crippen LogP contribution < -0.4 is 21.7 Å². The lowest BCUT2D eigenvalue weighted by molar-refractivity contribution is -0.157. The van der Waals surface area contributed by atoms with Crippen molar-refractivity contribution < 1.29 is 57.8 Å². The van der Waals surface area contributed by atoms with Crippen LogP contribution in [0.3, 0.4) is 0 Å². The first-order valence-electron chi connectivity index (χ1n) is 32.3. The highest BCUT2D eigenvalue weighted by atomic mass is 16.3. The van der Waals surface area contributed by atoms with Crippen LogP contribution >= 0.6 is 0 Å². The van der Waals surface area contributed by atoms with E-state index in [4.69, 9.17) is 5.73 Å². The SMILES string of the molecule is C/C=C/C[C@H](C)[C@H](O)C(C(=O)N[C@@H](CC)C(=O)N(C)CC(=O)N(C)[C@@H](CC(C)C)C(N)=O)N(C)C(=O)[C@H](C(C)C)N(C)C(=O)[C@@H](CC(C)C)N(C)C(=O)[C@@H](CC(C)C)N(C)C(=O)[C@H](C)NC(=O)[C@@H](CC(C)C)NC(=O)[C@H](CC(C)C)N(C)C(=O)[C@H](C)C(C)C. The molecule has 0 aliphatic rings. The molecule has 6 N–H and O–H groups in total. The minimum atomic E-state index is -1.60. The highest BCUT2D eigenvalue weighted by Gasteiger charge is 2.45. The molecule has 512 valence electrons. The van der Waals surface area contributed by atoms with E-state index in [9.17, 15) is 43.5 Å². The molecule has 0 rings (SSSR count). The third kappa shape index (κ3) is 25.2. The Morgan fingerprint density at radius 2 is 0.854 bits per heavy atom. The molecule has 0 radical (unpaired) electrons. The number of rotatable bonds is 38. The van der Waals surface area contributed by atoms with Crippen LogP contribution in [0, 0.1) is 53.3 Å². The summed E-state index contributed by atoms with van der Waals surface area (Å²) in [6.07, 6.45) is 3.65. The van der Waals surface area contributed by atoms with Gasteiger partial charge in [-0.1, -0.05) is 130 Å². The molecule has 0 fully saturated rings. The monoisotopic (exact) mass is 1260 g/mol. The van der Waals surface area contributed by atoms with Gasteiger partial charge in [-0.2, -0.15) is 0 Å². The maximum atomic E-state index is 15.2. The molecular formula is C66H121N11O12. The summed E-state index contributed by atoms with van der Waals surface area (Å²) in [5.41, 5.74) is 5.63. The molecule has 0 bridgehead atoms. The number of nitrogens with two attached hydrogens (primary N) is 1. The molecule has 0 aromatic rings. The van der Waals surface area contributed by atoms with Crippen molar-refractivity contribution in [2.75, 3.05) is 55.9 Å². The number of hydrogen-bond acceptors (Lipinski definition) is 12. The number of carbonyl (C=O) groups excluding carboxylic acids is 11. The third-order valence-corrected chi connectivity index (χ3v) is 16.8. The second-order valence-electron chi connectivity index (χ2n) is 27.8. The number of likely N-dealkylation sites (N-methyl/N-ethyl adjacent to an activating group) is 7. The van der Waals surface area contributed by atoms with Crippen molar-refractivity contribution in [3.63, 3.8) is 0 Å². The van der Waals surface area contributed by atoms with Crippen LogP contribution in [0.4, 0.5) is 0 Å². The van der Waals surface area contributed by atoms with Gasteiger partial charge in [-0.05, 0) is 106 Å². The maximum absolute atomic E-state index is 15.2. The van der Waals surface area contributed by atoms with Crippen molar-refractivity contribution in [3.8, 4) is 0 Å². The lowest BCUT2D eigenvalue weighted by Gasteiger charge is -2.41. The lowest BCUT2D eigenvalue weighted by atomic mass is 9.91. The molecule has 0 aromatic carbocycles. The predicted molar refractivity (Wildman–Crippen MR) is 349 cm³/mol. The molecule has 1 unspecified atom stereocenters. The van der Waals surface area contributed by atoms with Crippen LogP contribution in [-0.2, 0) is 52.7 Å². The van der Waals surface area contributed by atoms with Crippen molar-refractivity contribution in [1.29, 1.82) is 0 Å². The molecule has 0 saturated heterocycles. The number of aliphatic hydroxyl groups is 1. The van der Waals surface area contributed by atoms with Gasteiger partial charge in [-0.3, -0.25) is 52.7 Å². The molecule has 23 heteroatoms. The van der Waals surface area contributed by atoms with Gasteiger partial charge in [-0.25, -0.2) is 0 Å². The van der Waals surface area contributed by atoms with Crippen molar-refractivity contribution in [3.05, 3.63) is 12.2 Å². The van der Waals surface area contributed by atoms with E-state index >= 15 is 14.4 Å². The molecule has 89 heavy (non-hydrogen) atoms. The van der Waals surface area contributed by atoms with E-state index in [1.54, 1.807) is 47.7 Å². The molecule has 11 amide bonds. The van der Waals surface area contributed by atoms with E-state index in [2.05, 4.69) is 16.0 Å². The Kier molecular flexibility index (Phi) is 35.9. The van der Waals surface area contributed by atoms with Crippen molar-refractivity contribution in [2.24, 2.45) is 59.0 Å². The van der Waals surface area contributed by atoms with Gasteiger partial charge in [0.25, 0.3) is 0 Å². The van der Waals surface area contributed by atoms with E-state index in [1.807, 2.05) is 96.1 Å². The van der Waals surface area contributed by atoms with Gasteiger partial charge in [0.15, 0.2) is 0 Å². The first-order chi connectivity index (χ1) is 40.9. The van der Waals surface area contributed by atoms with Crippen LogP contribution in [0.15, 0.2) is 12.2 Å². The normalized spacial score (nSPS) is 15.9. The second kappa shape index (κ2) is 38.5. The smallest absolute Gasteiger partial charge is 0.246 e. The number of nitrogens with one attached hydrogen (secondary N) is 3. The van der Waals surface area contributed by atoms with Crippen LogP contribution in [0.25, 0.3) is 0 Å². The largest absolute Gasteiger partial charge is 0.390 e. The maximum Gasteiger partial charge on any atom is 0.246 e. The summed E-state index contributed by atoms with van der Waals surface area (Å²) in [6.45, 7) is 34.3. The summed E-state index contributed by atoms with van der Waals surface area (Å²) in [5, 5.41) is 20.4. The number of allylic oxidation sites excluding steroid dienone is 2. The fourth-order valence-electron chi connectivity index (χ4n) is 10.9. The van der Waals surface area contributed by atoms with Gasteiger partial charge < -0.3 is 61.1 Å². The quantitative estimate of drug-likeness (QED) is 0.0515. The van der Waals surface area contributed by atoms with Crippen LogP contribution in [-0.4, -0.2) is 221 Å². The average molecular weight is 1260 g/mol. The van der Waals surface area contributed by atoms with E-state index < -0.39 is 138 Å². The fraction of sp³-hybridized carbons (Fsp3) is 0.803. The molecule has 0 heterocycles. The number of nitrogens with zero attached hydrogens (tertiary/aromatic N) is 7. The minimum Gasteiger partial charge on any atom is -0.390 e. The summed E-state index contributed by atoms with van der Waals surface area (Å²) in [4.78, 5) is 165. The zero-order chi connectivity index (χ0) is 69.6. The Morgan fingerprint density at radius 3 is 1.28 bits per heavy atom. The number of carbonyl (C=O) groups is 11. The Hall–Kier alpha value is -6.13. The van der Waals surface area contributed by atoms with Gasteiger partial charge in [-0.15, -0.1) is 0 Å². The van der Waals surface area contributed by atoms with E-state index in [0.29, 0.717) is 19.3 Å². The fourth-order valence-corrected chi connectivity index (χ4v) is 10.9. The average Bonchev–Trinajstić information content (AvgIpc) is 1.38. The first-order valence-corrected chi connectivity index (χ1v) is 32.3. The number of aliphatic hydroxyl groups excluding tert-OH is 1. The van der Waals surface area contributed by atoms with E-state index in [1.165, 1.54) is 73.7 Å². The van der Waals surface area contributed by atoms with E-state index in [-0.39, 0.29) is 73.0 Å². The van der Waals surface area contributed by atoms with Gasteiger partial charge >= 0.3 is 0 Å². The Bertz CT molecular complexity index is 2380. The molecule has 12 atom stereocenters. The molecule has 0 aliphatic heterocycles. The highest BCUT2D eigenvalue weighted by Crippen LogP contribution is 2.26. The van der Waals surface area contributed by atoms with Crippen LogP contribution in [0.1, 0.15) is 176 Å². The van der Waals surface area contributed by atoms with Gasteiger partial charge in [0, 0.05) is 55.3 Å². The summed E-state index contributed by atoms with van der Waals surface area (Å²) in [5.74, 6) is -8.39. The summed E-state index contributed by atoms with van der Waals surface area (Å²) in [6, 6.07) is -10.4. The third-order valence-electron chi connectivity index (χ3n) is 16.8. The molecule has 0 saturated carbocycles. The summed E-state index contributed by atoms with van der Waals surface area (Å²) >= 11 is 0. The minimum absolute atomic E-state index is 0.0333. The standard InChI is InChI=1S/C66H121N11O12/c1-27-29-30-44(17)56(79)55(60(83)69-47(28-2)63(86)71(20)36-53(78)72(21)49(57(67)80)32-38(5)6)77(26)66(89)54(43(15)16)76(25)65(88)52(35-41(11)12)75(24)64(87)51(34-40(9)10)74(23)62(85)46(19)68-58(81)48(31-37(3)4)70-59(82)50(33-39(7)8)73(22)61(84)45(18)42(13)14/h27,29,37-52,54-56,79H,28,30-36H2,1-26H3,(H2,67,80)(H,68,81)(H,69,83)(H,70,82)/b29-27+/t44-,45+,46-,47-,48+,49-,50-,51+,52+,54-,55?,56-/m0/s1. The van der Waals surface area contributed by atoms with Crippen molar-refractivity contribution in [1.82, 2.24) is 50.2 Å². The Balaban J connectivity index is 7.22. The van der Waals surface area contributed by atoms with Crippen molar-refractivity contribution in [2.45, 2.75) is 237 Å². The Labute approximate surface area is 535 Å². The van der Waals surface area contributed by atoms with E-state index in [0.717, 1.165) is 9.80 Å². The number of hydrogen-bond donors (Lipinski definition) is 5. The number of amides is 11. The Morgan fingerprint density at radius 1 is 0.438 bits per heavy atom. The summed E-state index contributed by atoms with van der Waals surface area (Å²) < 4.78 is 0. The predicted octanol–water partition coefficient (Wildman–Crippen LogP) is 4.92. The lowest BCUT2D eigenvalue weighted by Crippen LogP contribution is -2.63. The second-order valence-corrected chi connectivity index (χ2v) is 27.8. The topological polar surface area (TPSA) is 293 Å². The van der Waals surface area contributed by atoms with Gasteiger partial charge in [0.1, 0.15) is 54.4 Å². The molecular weight excluding hydrogens is 1140 g/mol. The molecule has 23 nitrogen and oxygen atoms in total. The first kappa shape index (κ1) is 82.9. The zero-order valence-corrected chi connectivity index (χ0v) is 59.4. The van der Waals surface area contributed by atoms with Crippen LogP contribution in [0.5, 0.6) is 0 Å². The van der Waals surface area contributed by atoms with Gasteiger partial charge in [0.2, 0.25) is 65.0 Å². The molecule has 0 aliphatic carbocycles. The summed E-state index contributed by atoms with van der Waals surface area (Å²) in [7, 11) is 10.1. The molecule has 0 spiro atoms. The van der Waals surface area contributed by atoms with Gasteiger partial charge in [0.05, 0.1) is 12.6 Å². The highest BCUT2D eigenvalue weighted by molar-refractivity contribution is 5.99. The number of primary amides is 1. The van der Waals surface area contributed by atoms with Crippen LogP contribution in [0.2, 0.25) is 0 Å². The van der Waals surface area contributed by atoms with Crippen molar-refractivity contribution >= 4 is 65.0 Å². The zero-order valence-electron chi connectivity index (χ0n) is 59.4.